The van der Waals surface area contributed by atoms with Crippen LogP contribution in [0, 0.1) is 0 Å². The molecule has 1 saturated heterocycles. The van der Waals surface area contributed by atoms with Gasteiger partial charge in [-0.1, -0.05) is 12.1 Å². The van der Waals surface area contributed by atoms with Gasteiger partial charge in [0.1, 0.15) is 5.75 Å². The lowest BCUT2D eigenvalue weighted by molar-refractivity contribution is 0.0502. The fourth-order valence-electron chi connectivity index (χ4n) is 2.36. The van der Waals surface area contributed by atoms with Crippen LogP contribution in [0.2, 0.25) is 0 Å². The lowest BCUT2D eigenvalue weighted by Crippen LogP contribution is -2.44. The van der Waals surface area contributed by atoms with Gasteiger partial charge in [0.05, 0.1) is 17.1 Å². The normalized spacial score (nSPS) is 27.8. The van der Waals surface area contributed by atoms with Gasteiger partial charge in [0, 0.05) is 6.42 Å². The average molecular weight is 256 g/mol. The number of hydrogen-bond acceptors (Lipinski definition) is 4. The summed E-state index contributed by atoms with van der Waals surface area (Å²) in [5.41, 5.74) is -0.435. The van der Waals surface area contributed by atoms with Crippen molar-refractivity contribution < 1.29 is 18.6 Å². The van der Waals surface area contributed by atoms with Crippen LogP contribution in [0.5, 0.6) is 5.75 Å². The van der Waals surface area contributed by atoms with Crippen molar-refractivity contribution in [2.45, 2.75) is 24.9 Å². The number of benzene rings is 1. The highest BCUT2D eigenvalue weighted by atomic mass is 32.2. The highest BCUT2D eigenvalue weighted by molar-refractivity contribution is 7.91. The van der Waals surface area contributed by atoms with Gasteiger partial charge in [-0.2, -0.15) is 0 Å². The molecule has 0 aliphatic carbocycles. The van der Waals surface area contributed by atoms with Crippen molar-refractivity contribution in [3.8, 4) is 5.75 Å². The predicted octanol–water partition coefficient (Wildman–Crippen LogP) is 0.874. The molecule has 1 aromatic carbocycles. The summed E-state index contributed by atoms with van der Waals surface area (Å²) in [6, 6.07) is 6.56. The van der Waals surface area contributed by atoms with Gasteiger partial charge in [0.25, 0.3) is 0 Å². The molecule has 1 heterocycles. The maximum atomic E-state index is 11.5. The summed E-state index contributed by atoms with van der Waals surface area (Å²) in [7, 11) is -3.13. The third-order valence-corrected chi connectivity index (χ3v) is 4.92. The first-order valence-corrected chi connectivity index (χ1v) is 7.41. The topological polar surface area (TPSA) is 74.6 Å². The van der Waals surface area contributed by atoms with Crippen LogP contribution in [0.3, 0.4) is 0 Å². The molecule has 1 aliphatic heterocycles. The Morgan fingerprint density at radius 2 is 2.12 bits per heavy atom. The summed E-state index contributed by atoms with van der Waals surface area (Å²) in [6.45, 7) is 0. The highest BCUT2D eigenvalue weighted by Gasteiger charge is 2.37. The van der Waals surface area contributed by atoms with Crippen LogP contribution < -0.4 is 0 Å². The summed E-state index contributed by atoms with van der Waals surface area (Å²) in [6.07, 6.45) is 1.25. The van der Waals surface area contributed by atoms with Crippen molar-refractivity contribution in [1.29, 1.82) is 0 Å². The molecule has 1 atom stereocenters. The SMILES string of the molecule is O=S1(=O)CCCC(O)(Cc2cccc(O)c2)C1. The zero-order valence-corrected chi connectivity index (χ0v) is 10.3. The number of aliphatic hydroxyl groups is 1. The van der Waals surface area contributed by atoms with Gasteiger partial charge in [-0.25, -0.2) is 8.42 Å². The molecule has 2 rings (SSSR count). The lowest BCUT2D eigenvalue weighted by Gasteiger charge is -2.31. The molecule has 1 unspecified atom stereocenters. The Morgan fingerprint density at radius 1 is 1.35 bits per heavy atom. The number of aromatic hydroxyl groups is 1. The first-order valence-electron chi connectivity index (χ1n) is 5.59. The number of rotatable bonds is 2. The van der Waals surface area contributed by atoms with Gasteiger partial charge in [-0.05, 0) is 30.5 Å². The molecule has 17 heavy (non-hydrogen) atoms. The summed E-state index contributed by atoms with van der Waals surface area (Å²) in [5, 5.41) is 19.6. The molecule has 94 valence electrons. The van der Waals surface area contributed by atoms with Gasteiger partial charge in [0.2, 0.25) is 0 Å². The van der Waals surface area contributed by atoms with Gasteiger partial charge < -0.3 is 10.2 Å². The quantitative estimate of drug-likeness (QED) is 0.823. The first-order chi connectivity index (χ1) is 7.89. The van der Waals surface area contributed by atoms with Gasteiger partial charge in [0.15, 0.2) is 9.84 Å². The second-order valence-corrected chi connectivity index (χ2v) is 6.95. The number of phenolic OH excluding ortho intramolecular Hbond substituents is 1. The number of sulfone groups is 1. The summed E-state index contributed by atoms with van der Waals surface area (Å²) in [4.78, 5) is 0. The van der Waals surface area contributed by atoms with Crippen LogP contribution in [0.15, 0.2) is 24.3 Å². The largest absolute Gasteiger partial charge is 0.508 e. The van der Waals surface area contributed by atoms with Crippen LogP contribution >= 0.6 is 0 Å². The molecule has 1 fully saturated rings. The third-order valence-electron chi connectivity index (χ3n) is 3.03. The number of phenols is 1. The van der Waals surface area contributed by atoms with Crippen LogP contribution in [0.4, 0.5) is 0 Å². The van der Waals surface area contributed by atoms with Crippen LogP contribution in [-0.4, -0.2) is 35.7 Å². The maximum absolute atomic E-state index is 11.5. The molecule has 4 nitrogen and oxygen atoms in total. The first kappa shape index (κ1) is 12.4. The minimum Gasteiger partial charge on any atom is -0.508 e. The third kappa shape index (κ3) is 3.20. The molecule has 0 saturated carbocycles. The molecule has 1 aromatic rings. The van der Waals surface area contributed by atoms with Crippen molar-refractivity contribution in [2.75, 3.05) is 11.5 Å². The van der Waals surface area contributed by atoms with E-state index in [0.29, 0.717) is 12.8 Å². The second kappa shape index (κ2) is 4.31. The van der Waals surface area contributed by atoms with E-state index in [1.54, 1.807) is 24.3 Å². The molecule has 0 amide bonds. The fraction of sp³-hybridized carbons (Fsp3) is 0.500. The summed E-state index contributed by atoms with van der Waals surface area (Å²) < 4.78 is 23.0. The Morgan fingerprint density at radius 3 is 2.76 bits per heavy atom. The number of hydrogen-bond donors (Lipinski definition) is 2. The van der Waals surface area contributed by atoms with E-state index in [2.05, 4.69) is 0 Å². The summed E-state index contributed by atoms with van der Waals surface area (Å²) in [5.74, 6) is 0.107. The van der Waals surface area contributed by atoms with Crippen molar-refractivity contribution in [2.24, 2.45) is 0 Å². The Kier molecular flexibility index (Phi) is 3.14. The molecule has 5 heteroatoms. The monoisotopic (exact) mass is 256 g/mol. The molecule has 1 aliphatic rings. The fourth-order valence-corrected chi connectivity index (χ4v) is 4.15. The van der Waals surface area contributed by atoms with E-state index in [-0.39, 0.29) is 23.7 Å². The van der Waals surface area contributed by atoms with Crippen LogP contribution in [0.1, 0.15) is 18.4 Å². The Balaban J connectivity index is 2.17. The second-order valence-electron chi connectivity index (χ2n) is 4.77. The Hall–Kier alpha value is -1.07. The van der Waals surface area contributed by atoms with Gasteiger partial charge >= 0.3 is 0 Å². The minimum absolute atomic E-state index is 0.129. The molecule has 0 spiro atoms. The maximum Gasteiger partial charge on any atom is 0.153 e. The van der Waals surface area contributed by atoms with E-state index in [1.165, 1.54) is 0 Å². The molecular formula is C12H16O4S. The van der Waals surface area contributed by atoms with Gasteiger partial charge in [-0.15, -0.1) is 0 Å². The predicted molar refractivity (Wildman–Crippen MR) is 64.6 cm³/mol. The van der Waals surface area contributed by atoms with Crippen molar-refractivity contribution in [3.05, 3.63) is 29.8 Å². The van der Waals surface area contributed by atoms with Crippen LogP contribution in [-0.2, 0) is 16.3 Å². The standard InChI is InChI=1S/C12H16O4S/c13-11-4-1-3-10(7-11)8-12(14)5-2-6-17(15,16)9-12/h1,3-4,7,13-14H,2,5-6,8-9H2. The van der Waals surface area contributed by atoms with E-state index in [1.807, 2.05) is 0 Å². The summed E-state index contributed by atoms with van der Waals surface area (Å²) >= 11 is 0. The molecule has 0 radical (unpaired) electrons. The van der Waals surface area contributed by atoms with Gasteiger partial charge in [-0.3, -0.25) is 0 Å². The van der Waals surface area contributed by atoms with E-state index >= 15 is 0 Å². The van der Waals surface area contributed by atoms with E-state index < -0.39 is 15.4 Å². The zero-order chi connectivity index (χ0) is 12.5. The Labute approximate surface area is 101 Å². The lowest BCUT2D eigenvalue weighted by atomic mass is 9.91. The molecule has 0 bridgehead atoms. The molecular weight excluding hydrogens is 240 g/mol. The smallest absolute Gasteiger partial charge is 0.153 e. The molecule has 2 N–H and O–H groups in total. The van der Waals surface area contributed by atoms with Crippen molar-refractivity contribution in [1.82, 2.24) is 0 Å². The van der Waals surface area contributed by atoms with E-state index in [9.17, 15) is 18.6 Å². The van der Waals surface area contributed by atoms with Crippen molar-refractivity contribution in [3.63, 3.8) is 0 Å². The van der Waals surface area contributed by atoms with Crippen molar-refractivity contribution >= 4 is 9.84 Å². The molecule has 0 aromatic heterocycles. The van der Waals surface area contributed by atoms with Crippen LogP contribution in [0.25, 0.3) is 0 Å². The van der Waals surface area contributed by atoms with E-state index in [0.717, 1.165) is 5.56 Å². The zero-order valence-electron chi connectivity index (χ0n) is 9.46. The average Bonchev–Trinajstić information content (AvgIpc) is 2.14. The van der Waals surface area contributed by atoms with E-state index in [4.69, 9.17) is 0 Å². The minimum atomic E-state index is -3.13. The highest BCUT2D eigenvalue weighted by Crippen LogP contribution is 2.27. The Bertz CT molecular complexity index is 509.